The fraction of sp³-hybridized carbons (Fsp3) is 0.167. The lowest BCUT2D eigenvalue weighted by atomic mass is 10.4. The quantitative estimate of drug-likeness (QED) is 0.615. The number of hydrogen-bond acceptors (Lipinski definition) is 4. The molecule has 7 heteroatoms. The van der Waals surface area contributed by atoms with Gasteiger partial charge in [-0.1, -0.05) is 0 Å². The number of esters is 1. The molecule has 0 fully saturated rings. The van der Waals surface area contributed by atoms with E-state index >= 15 is 0 Å². The summed E-state index contributed by atoms with van der Waals surface area (Å²) in [6, 6.07) is 0.875. The molecule has 6 nitrogen and oxygen atoms in total. The lowest BCUT2D eigenvalue weighted by Gasteiger charge is -2.00. The molecule has 0 amide bonds. The zero-order chi connectivity index (χ0) is 10.0. The number of carbonyl (C=O) groups excluding carboxylic acids is 1. The molecule has 1 aromatic heterocycles. The lowest BCUT2D eigenvalue weighted by molar-refractivity contribution is 0.0591. The van der Waals surface area contributed by atoms with Crippen LogP contribution in [0.1, 0.15) is 10.5 Å². The minimum absolute atomic E-state index is 0.307. The van der Waals surface area contributed by atoms with Crippen LogP contribution in [-0.2, 0) is 4.74 Å². The number of nitrogens with zero attached hydrogens (tertiary/aromatic N) is 1. The molecule has 1 aromatic rings. The molecule has 0 aliphatic heterocycles. The average Bonchev–Trinajstić information content (AvgIpc) is 2.10. The molecule has 0 aliphatic rings. The van der Waals surface area contributed by atoms with E-state index in [2.05, 4.69) is 4.74 Å². The maximum Gasteiger partial charge on any atom is 0.356 e. The van der Waals surface area contributed by atoms with E-state index in [1.165, 1.54) is 0 Å². The Kier molecular flexibility index (Phi) is 2.52. The minimum Gasteiger partial charge on any atom is -0.464 e. The molecule has 0 aromatic carbocycles. The molecular formula is C6H5ClN2O4. The minimum atomic E-state index is -0.880. The largest absolute Gasteiger partial charge is 0.464 e. The Bertz CT molecular complexity index is 447. The molecule has 1 rings (SSSR count). The molecule has 0 aliphatic carbocycles. The van der Waals surface area contributed by atoms with Crippen LogP contribution < -0.4 is 11.2 Å². The van der Waals surface area contributed by atoms with Gasteiger partial charge in [-0.05, 0) is 0 Å². The van der Waals surface area contributed by atoms with E-state index in [1.807, 2.05) is 4.98 Å². The summed E-state index contributed by atoms with van der Waals surface area (Å²) in [5.74, 6) is -0.849. The highest BCUT2D eigenvalue weighted by atomic mass is 35.5. The van der Waals surface area contributed by atoms with Crippen molar-refractivity contribution >= 4 is 17.7 Å². The van der Waals surface area contributed by atoms with Crippen molar-refractivity contribution in [1.29, 1.82) is 0 Å². The Labute approximate surface area is 76.8 Å². The standard InChI is InChI=1S/C6H5ClN2O4/c1-13-5(11)3-2-4(10)8-6(12)9(3)7/h2H,1H3,(H,8,10,12). The van der Waals surface area contributed by atoms with Crippen molar-refractivity contribution in [2.45, 2.75) is 0 Å². The van der Waals surface area contributed by atoms with Crippen LogP contribution in [0.25, 0.3) is 0 Å². The van der Waals surface area contributed by atoms with Gasteiger partial charge >= 0.3 is 11.7 Å². The number of aromatic amines is 1. The zero-order valence-corrected chi connectivity index (χ0v) is 7.29. The van der Waals surface area contributed by atoms with E-state index in [-0.39, 0.29) is 5.69 Å². The average molecular weight is 205 g/mol. The molecule has 1 N–H and O–H groups in total. The summed E-state index contributed by atoms with van der Waals surface area (Å²) in [6.45, 7) is 0. The number of aromatic nitrogens is 2. The normalized spacial score (nSPS) is 9.69. The van der Waals surface area contributed by atoms with Crippen LogP contribution in [0.5, 0.6) is 0 Å². The second-order valence-corrected chi connectivity index (χ2v) is 2.43. The van der Waals surface area contributed by atoms with Crippen molar-refractivity contribution in [3.63, 3.8) is 0 Å². The van der Waals surface area contributed by atoms with Crippen molar-refractivity contribution in [2.24, 2.45) is 0 Å². The Balaban J connectivity index is 3.46. The summed E-state index contributed by atoms with van der Waals surface area (Å²) in [5, 5.41) is 0. The zero-order valence-electron chi connectivity index (χ0n) is 6.54. The topological polar surface area (TPSA) is 81.2 Å². The Morgan fingerprint density at radius 1 is 1.62 bits per heavy atom. The lowest BCUT2D eigenvalue weighted by Crippen LogP contribution is -2.29. The highest BCUT2D eigenvalue weighted by molar-refractivity contribution is 6.17. The van der Waals surface area contributed by atoms with E-state index in [9.17, 15) is 14.4 Å². The fourth-order valence-corrected chi connectivity index (χ4v) is 0.885. The van der Waals surface area contributed by atoms with Gasteiger partial charge in [0.2, 0.25) is 0 Å². The summed E-state index contributed by atoms with van der Waals surface area (Å²) in [5.41, 5.74) is -1.89. The van der Waals surface area contributed by atoms with Crippen molar-refractivity contribution in [2.75, 3.05) is 7.11 Å². The number of halogens is 1. The summed E-state index contributed by atoms with van der Waals surface area (Å²) in [4.78, 5) is 34.4. The number of H-pyrrole nitrogens is 1. The maximum absolute atomic E-state index is 10.9. The first-order valence-electron chi connectivity index (χ1n) is 3.17. The molecule has 70 valence electrons. The Morgan fingerprint density at radius 2 is 2.23 bits per heavy atom. The first kappa shape index (κ1) is 9.53. The van der Waals surface area contributed by atoms with E-state index in [1.54, 1.807) is 0 Å². The number of nitrogens with one attached hydrogen (secondary N) is 1. The number of rotatable bonds is 1. The van der Waals surface area contributed by atoms with Crippen molar-refractivity contribution in [1.82, 2.24) is 9.07 Å². The molecule has 1 heterocycles. The van der Waals surface area contributed by atoms with Crippen molar-refractivity contribution < 1.29 is 9.53 Å². The van der Waals surface area contributed by atoms with Gasteiger partial charge in [0.1, 0.15) is 0 Å². The van der Waals surface area contributed by atoms with Crippen LogP contribution in [0.15, 0.2) is 15.7 Å². The van der Waals surface area contributed by atoms with E-state index in [0.717, 1.165) is 13.2 Å². The van der Waals surface area contributed by atoms with Gasteiger partial charge in [0.15, 0.2) is 5.69 Å². The number of ether oxygens (including phenoxy) is 1. The molecule has 13 heavy (non-hydrogen) atoms. The van der Waals surface area contributed by atoms with Crippen molar-refractivity contribution in [3.8, 4) is 0 Å². The van der Waals surface area contributed by atoms with Gasteiger partial charge in [0, 0.05) is 17.8 Å². The number of carbonyl (C=O) groups is 1. The van der Waals surface area contributed by atoms with Gasteiger partial charge in [0.05, 0.1) is 7.11 Å². The van der Waals surface area contributed by atoms with Gasteiger partial charge in [0.25, 0.3) is 5.56 Å². The third-order valence-electron chi connectivity index (χ3n) is 1.28. The van der Waals surface area contributed by atoms with Crippen LogP contribution in [0.2, 0.25) is 0 Å². The molecule has 0 saturated carbocycles. The fourth-order valence-electron chi connectivity index (χ4n) is 0.724. The van der Waals surface area contributed by atoms with Gasteiger partial charge in [-0.3, -0.25) is 9.78 Å². The highest BCUT2D eigenvalue weighted by Crippen LogP contribution is 1.96. The summed E-state index contributed by atoms with van der Waals surface area (Å²) >= 11 is 5.37. The summed E-state index contributed by atoms with van der Waals surface area (Å²) in [7, 11) is 1.12. The molecule has 0 atom stereocenters. The van der Waals surface area contributed by atoms with Crippen LogP contribution in [0, 0.1) is 0 Å². The third kappa shape index (κ3) is 1.78. The summed E-state index contributed by atoms with van der Waals surface area (Å²) < 4.78 is 4.77. The van der Waals surface area contributed by atoms with E-state index in [4.69, 9.17) is 11.8 Å². The molecule has 0 radical (unpaired) electrons. The number of methoxy groups -OCH3 is 1. The Morgan fingerprint density at radius 3 is 2.77 bits per heavy atom. The summed E-state index contributed by atoms with van der Waals surface area (Å²) in [6.07, 6.45) is 0. The third-order valence-corrected chi connectivity index (χ3v) is 1.62. The molecule has 0 saturated heterocycles. The molecule has 0 bridgehead atoms. The molecule has 0 spiro atoms. The molecular weight excluding hydrogens is 200 g/mol. The smallest absolute Gasteiger partial charge is 0.356 e. The second kappa shape index (κ2) is 3.44. The van der Waals surface area contributed by atoms with Crippen LogP contribution in [-0.4, -0.2) is 22.1 Å². The maximum atomic E-state index is 10.9. The number of hydrogen-bond donors (Lipinski definition) is 1. The second-order valence-electron chi connectivity index (χ2n) is 2.10. The van der Waals surface area contributed by atoms with Gasteiger partial charge in [-0.2, -0.15) is 4.09 Å². The monoisotopic (exact) mass is 204 g/mol. The first-order chi connectivity index (χ1) is 6.06. The van der Waals surface area contributed by atoms with Gasteiger partial charge in [-0.25, -0.2) is 9.59 Å². The first-order valence-corrected chi connectivity index (χ1v) is 3.51. The van der Waals surface area contributed by atoms with E-state index in [0.29, 0.717) is 4.09 Å². The predicted molar refractivity (Wildman–Crippen MR) is 43.9 cm³/mol. The van der Waals surface area contributed by atoms with Crippen molar-refractivity contribution in [3.05, 3.63) is 32.6 Å². The molecule has 0 unspecified atom stereocenters. The van der Waals surface area contributed by atoms with Gasteiger partial charge in [-0.15, -0.1) is 0 Å². The van der Waals surface area contributed by atoms with Crippen LogP contribution in [0.4, 0.5) is 0 Å². The highest BCUT2D eigenvalue weighted by Gasteiger charge is 2.12. The van der Waals surface area contributed by atoms with Gasteiger partial charge < -0.3 is 4.74 Å². The predicted octanol–water partition coefficient (Wildman–Crippen LogP) is -0.675. The van der Waals surface area contributed by atoms with Crippen LogP contribution >= 0.6 is 11.8 Å². The SMILES string of the molecule is COC(=O)c1cc(=O)[nH]c(=O)n1Cl. The van der Waals surface area contributed by atoms with E-state index < -0.39 is 17.2 Å². The Hall–Kier alpha value is -1.56. The van der Waals surface area contributed by atoms with Crippen LogP contribution in [0.3, 0.4) is 0 Å².